The Balaban J connectivity index is 1.78. The van der Waals surface area contributed by atoms with Gasteiger partial charge in [0.2, 0.25) is 15.4 Å². The first-order valence-electron chi connectivity index (χ1n) is 18.6. The lowest BCUT2D eigenvalue weighted by Crippen LogP contribution is -2.31. The lowest BCUT2D eigenvalue weighted by molar-refractivity contribution is -0.137. The number of sulfone groups is 1. The maximum absolute atomic E-state index is 13.3. The highest BCUT2D eigenvalue weighted by Crippen LogP contribution is 2.51. The van der Waals surface area contributed by atoms with Gasteiger partial charge in [0.05, 0.1) is 35.3 Å². The summed E-state index contributed by atoms with van der Waals surface area (Å²) in [7, 11) is -9.78. The zero-order chi connectivity index (χ0) is 41.1. The van der Waals surface area contributed by atoms with E-state index in [1.165, 1.54) is 19.4 Å². The molecule has 0 saturated heterocycles. The van der Waals surface area contributed by atoms with Crippen LogP contribution in [-0.4, -0.2) is 98.5 Å². The molecule has 4 rings (SSSR count). The predicted octanol–water partition coefficient (Wildman–Crippen LogP) is 4.52. The van der Waals surface area contributed by atoms with Crippen molar-refractivity contribution in [3.63, 3.8) is 0 Å². The quantitative estimate of drug-likeness (QED) is 0.0727. The van der Waals surface area contributed by atoms with Crippen molar-refractivity contribution in [1.82, 2.24) is 9.30 Å². The number of carboxylic acid groups (broad SMARTS) is 1. The molecule has 3 aliphatic rings. The van der Waals surface area contributed by atoms with E-state index in [0.717, 1.165) is 27.9 Å². The molecule has 14 nitrogen and oxygen atoms in total. The first-order chi connectivity index (χ1) is 26.4. The molecule has 1 atom stereocenters. The van der Waals surface area contributed by atoms with E-state index in [2.05, 4.69) is 14.2 Å². The number of nitrogens with zero attached hydrogens (tertiary/aromatic N) is 2. The van der Waals surface area contributed by atoms with E-state index in [9.17, 15) is 34.6 Å². The molecule has 0 fully saturated rings. The van der Waals surface area contributed by atoms with E-state index < -0.39 is 47.1 Å². The van der Waals surface area contributed by atoms with Crippen molar-refractivity contribution < 1.29 is 48.9 Å². The van der Waals surface area contributed by atoms with E-state index in [-0.39, 0.29) is 43.1 Å². The number of unbranched alkanes of at least 4 members (excludes halogenated alkanes) is 2. The molecule has 0 radical (unpaired) electrons. The number of carboxylic acids is 1. The monoisotopic (exact) mass is 836 g/mol. The Bertz CT molecular complexity index is 2280. The molecule has 0 amide bonds. The summed E-state index contributed by atoms with van der Waals surface area (Å²) in [5, 5.41) is 10.1. The van der Waals surface area contributed by atoms with Crippen LogP contribution in [0.15, 0.2) is 75.9 Å². The summed E-state index contributed by atoms with van der Waals surface area (Å²) in [6, 6.07) is 12.6. The number of ether oxygens (including phenoxy) is 1. The average Bonchev–Trinajstić information content (AvgIpc) is 3.34. The maximum Gasteiger partial charge on any atom is 0.303 e. The third kappa shape index (κ3) is 12.3. The molecule has 1 aromatic carbocycles. The third-order valence-corrected chi connectivity index (χ3v) is 13.2. The number of allylic oxidation sites excluding steroid dienone is 3. The molecule has 0 saturated carbocycles. The van der Waals surface area contributed by atoms with Crippen LogP contribution in [0.25, 0.3) is 17.4 Å². The molecule has 0 bridgehead atoms. The van der Waals surface area contributed by atoms with Gasteiger partial charge in [-0.25, -0.2) is 26.1 Å². The Kier molecular flexibility index (Phi) is 15.6. The number of rotatable bonds is 22. The second kappa shape index (κ2) is 19.5. The zero-order valence-electron chi connectivity index (χ0n) is 32.4. The van der Waals surface area contributed by atoms with Gasteiger partial charge in [0.1, 0.15) is 28.7 Å². The minimum absolute atomic E-state index is 0.0440. The van der Waals surface area contributed by atoms with Crippen molar-refractivity contribution in [3.8, 4) is 11.3 Å². The summed E-state index contributed by atoms with van der Waals surface area (Å²) in [4.78, 5) is 13.3. The number of fused-ring (bicyclic) bond motifs is 2. The van der Waals surface area contributed by atoms with E-state index in [4.69, 9.17) is 14.3 Å². The minimum Gasteiger partial charge on any atom is -0.481 e. The molecule has 56 heavy (non-hydrogen) atoms. The first kappa shape index (κ1) is 44.8. The fourth-order valence-electron chi connectivity index (χ4n) is 7.09. The van der Waals surface area contributed by atoms with Crippen LogP contribution >= 0.6 is 0 Å². The number of methoxy groups -OCH3 is 1. The Morgan fingerprint density at radius 3 is 2.45 bits per heavy atom. The summed E-state index contributed by atoms with van der Waals surface area (Å²) >= 11 is 0. The van der Waals surface area contributed by atoms with Gasteiger partial charge in [-0.3, -0.25) is 9.35 Å². The SMILES string of the molecule is CC[N+](CCCS(C)(=O)=O)=c1ccc2c(/C=C/C=C3/N(CCCCCC(=O)O)c4ccc(S(=O)(=O)NCCOC)cc4C3(C)CCCS(=O)(=O)O)ccoc-2c1. The van der Waals surface area contributed by atoms with Gasteiger partial charge in [-0.1, -0.05) is 18.6 Å². The van der Waals surface area contributed by atoms with Gasteiger partial charge < -0.3 is 19.2 Å². The van der Waals surface area contributed by atoms with Crippen molar-refractivity contribution in [2.45, 2.75) is 69.1 Å². The van der Waals surface area contributed by atoms with Crippen molar-refractivity contribution in [2.24, 2.45) is 0 Å². The lowest BCUT2D eigenvalue weighted by atomic mass is 9.77. The van der Waals surface area contributed by atoms with Crippen molar-refractivity contribution >= 4 is 47.7 Å². The minimum atomic E-state index is -4.27. The maximum atomic E-state index is 13.3. The van der Waals surface area contributed by atoms with E-state index in [1.807, 2.05) is 56.3 Å². The number of benzene rings is 2. The molecular weight excluding hydrogens is 783 g/mol. The second-order valence-corrected chi connectivity index (χ2v) is 19.8. The third-order valence-electron chi connectivity index (χ3n) is 9.91. The highest BCUT2D eigenvalue weighted by molar-refractivity contribution is 7.90. The Labute approximate surface area is 330 Å². The van der Waals surface area contributed by atoms with Gasteiger partial charge in [-0.05, 0) is 87.1 Å². The molecule has 3 N–H and O–H groups in total. The zero-order valence-corrected chi connectivity index (χ0v) is 34.9. The molecule has 17 heteroatoms. The molecule has 0 aromatic heterocycles. The van der Waals surface area contributed by atoms with Crippen LogP contribution in [0, 0.1) is 0 Å². The van der Waals surface area contributed by atoms with E-state index in [1.54, 1.807) is 18.4 Å². The van der Waals surface area contributed by atoms with Crippen molar-refractivity contribution in [1.29, 1.82) is 0 Å². The molecular formula is C39H54N3O11S3+. The van der Waals surface area contributed by atoms with Crippen LogP contribution < -0.4 is 19.6 Å². The largest absolute Gasteiger partial charge is 0.481 e. The van der Waals surface area contributed by atoms with E-state index >= 15 is 0 Å². The first-order valence-corrected chi connectivity index (χ1v) is 23.8. The van der Waals surface area contributed by atoms with Gasteiger partial charge in [0.25, 0.3) is 10.1 Å². The highest BCUT2D eigenvalue weighted by atomic mass is 32.2. The molecule has 2 heterocycles. The van der Waals surface area contributed by atoms with Crippen LogP contribution in [0.1, 0.15) is 69.9 Å². The molecule has 1 aromatic rings. The number of sulfonamides is 1. The van der Waals surface area contributed by atoms with E-state index in [0.29, 0.717) is 56.6 Å². The summed E-state index contributed by atoms with van der Waals surface area (Å²) in [6.45, 7) is 5.94. The fourth-order valence-corrected chi connectivity index (χ4v) is 9.29. The number of hydrogen-bond acceptors (Lipinski definition) is 10. The van der Waals surface area contributed by atoms with Gasteiger partial charge in [-0.2, -0.15) is 8.42 Å². The van der Waals surface area contributed by atoms with Crippen molar-refractivity contribution in [2.75, 3.05) is 62.6 Å². The Morgan fingerprint density at radius 1 is 1.00 bits per heavy atom. The Morgan fingerprint density at radius 2 is 1.77 bits per heavy atom. The van der Waals surface area contributed by atoms with Gasteiger partial charge in [0, 0.05) is 67.7 Å². The van der Waals surface area contributed by atoms with Crippen LogP contribution in [0.4, 0.5) is 5.69 Å². The normalized spacial score (nSPS) is 17.6. The Hall–Kier alpha value is -3.87. The lowest BCUT2D eigenvalue weighted by Gasteiger charge is -2.30. The standard InChI is InChI=1S/C39H53N3O11S3/c1-5-41(22-11-26-54(4,45)46)31-15-17-33-30(19-24-53-36(33)28-31)12-9-13-37-39(2,20-10-27-55(47,48)49)34-29-32(56(50,51)40-21-25-52-3)16-18-35(34)42(37)23-8-6-7-14-38(43)44/h9,12-13,15-19,24,28-29,40H,5-8,10-11,14,20-23,25-27H2,1-4H3,(H-,43,44,47,48,49)/p+1. The van der Waals surface area contributed by atoms with Crippen molar-refractivity contribution in [3.05, 3.63) is 83.1 Å². The summed E-state index contributed by atoms with van der Waals surface area (Å²) in [5.74, 6) is -0.601. The van der Waals surface area contributed by atoms with Gasteiger partial charge in [0.15, 0.2) is 0 Å². The smallest absolute Gasteiger partial charge is 0.303 e. The van der Waals surface area contributed by atoms with Gasteiger partial charge >= 0.3 is 5.97 Å². The topological polar surface area (TPSA) is 201 Å². The van der Waals surface area contributed by atoms with Crippen LogP contribution in [-0.2, 0) is 44.9 Å². The predicted molar refractivity (Wildman–Crippen MR) is 217 cm³/mol. The number of hydrogen-bond donors (Lipinski definition) is 3. The molecule has 308 valence electrons. The average molecular weight is 837 g/mol. The second-order valence-electron chi connectivity index (χ2n) is 14.2. The summed E-state index contributed by atoms with van der Waals surface area (Å²) < 4.78 is 98.7. The number of aliphatic carboxylic acids is 1. The number of nitrogens with one attached hydrogen (secondary N) is 1. The molecule has 1 unspecified atom stereocenters. The molecule has 2 aliphatic heterocycles. The summed E-state index contributed by atoms with van der Waals surface area (Å²) in [6.07, 6.45) is 11.3. The molecule has 1 aliphatic carbocycles. The van der Waals surface area contributed by atoms with Crippen LogP contribution in [0.5, 0.6) is 0 Å². The molecule has 0 spiro atoms. The van der Waals surface area contributed by atoms with Crippen LogP contribution in [0.2, 0.25) is 0 Å². The fraction of sp³-hybridized carbons (Fsp3) is 0.487. The summed E-state index contributed by atoms with van der Waals surface area (Å²) in [5.41, 5.74) is 3.04. The number of anilines is 1. The highest BCUT2D eigenvalue weighted by Gasteiger charge is 2.43. The number of carbonyl (C=O) groups is 1. The van der Waals surface area contributed by atoms with Gasteiger partial charge in [-0.15, -0.1) is 0 Å². The van der Waals surface area contributed by atoms with Crippen LogP contribution in [0.3, 0.4) is 0 Å².